The van der Waals surface area contributed by atoms with Gasteiger partial charge >= 0.3 is 5.97 Å². The normalized spacial score (nSPS) is 20.4. The van der Waals surface area contributed by atoms with Crippen LogP contribution < -0.4 is 5.73 Å². The summed E-state index contributed by atoms with van der Waals surface area (Å²) in [4.78, 5) is 40.0. The van der Waals surface area contributed by atoms with E-state index in [9.17, 15) is 14.4 Å². The molecule has 4 rings (SSSR count). The van der Waals surface area contributed by atoms with Crippen LogP contribution >= 0.6 is 11.8 Å². The van der Waals surface area contributed by atoms with Crippen LogP contribution in [0.5, 0.6) is 0 Å². The van der Waals surface area contributed by atoms with Crippen LogP contribution in [0.2, 0.25) is 0 Å². The van der Waals surface area contributed by atoms with Crippen molar-refractivity contribution in [1.82, 2.24) is 4.90 Å². The fourth-order valence-corrected chi connectivity index (χ4v) is 5.16. The highest BCUT2D eigenvalue weighted by molar-refractivity contribution is 8.00. The first kappa shape index (κ1) is 21.3. The standard InChI is InChI=1S/C24H24N2O4S/c1-2-9-18(27)17-14-31-23-19(25)22(28)26(23)20(17)24(29)30-21(15-10-5-3-6-11-15)16-12-7-4-8-13-16/h3-8,10-13,19,21,23H,2,9,14,25H2,1H3/t19?,23-/m1/s1. The monoisotopic (exact) mass is 436 g/mol. The minimum atomic E-state index is -0.678. The van der Waals surface area contributed by atoms with Crippen LogP contribution in [0.4, 0.5) is 0 Å². The molecule has 2 aromatic rings. The fraction of sp³-hybridized carbons (Fsp3) is 0.292. The number of esters is 1. The molecule has 0 saturated carbocycles. The van der Waals surface area contributed by atoms with Crippen LogP contribution in [0, 0.1) is 0 Å². The highest BCUT2D eigenvalue weighted by Crippen LogP contribution is 2.41. The molecule has 6 nitrogen and oxygen atoms in total. The van der Waals surface area contributed by atoms with Crippen molar-refractivity contribution < 1.29 is 19.1 Å². The van der Waals surface area contributed by atoms with Gasteiger partial charge in [-0.05, 0) is 17.5 Å². The molecule has 2 atom stereocenters. The molecule has 7 heteroatoms. The first-order valence-corrected chi connectivity index (χ1v) is 11.3. The molecule has 31 heavy (non-hydrogen) atoms. The van der Waals surface area contributed by atoms with Crippen molar-refractivity contribution in [2.45, 2.75) is 37.3 Å². The third-order valence-electron chi connectivity index (χ3n) is 5.45. The predicted molar refractivity (Wildman–Crippen MR) is 119 cm³/mol. The number of benzene rings is 2. The minimum Gasteiger partial charge on any atom is -0.448 e. The molecule has 1 fully saturated rings. The van der Waals surface area contributed by atoms with E-state index in [0.717, 1.165) is 11.1 Å². The van der Waals surface area contributed by atoms with Gasteiger partial charge in [0.05, 0.1) is 0 Å². The molecule has 2 aliphatic heterocycles. The Labute approximate surface area is 185 Å². The zero-order valence-electron chi connectivity index (χ0n) is 17.2. The highest BCUT2D eigenvalue weighted by atomic mass is 32.2. The number of hydrogen-bond donors (Lipinski definition) is 1. The van der Waals surface area contributed by atoms with Gasteiger partial charge in [-0.2, -0.15) is 0 Å². The Morgan fingerprint density at radius 2 is 1.68 bits per heavy atom. The molecule has 0 aliphatic carbocycles. The van der Waals surface area contributed by atoms with E-state index >= 15 is 0 Å². The van der Waals surface area contributed by atoms with Crippen molar-refractivity contribution in [3.05, 3.63) is 83.1 Å². The molecule has 2 N–H and O–H groups in total. The summed E-state index contributed by atoms with van der Waals surface area (Å²) >= 11 is 1.41. The molecule has 0 aromatic heterocycles. The smallest absolute Gasteiger partial charge is 0.356 e. The number of carbonyl (C=O) groups is 3. The first-order chi connectivity index (χ1) is 15.0. The predicted octanol–water partition coefficient (Wildman–Crippen LogP) is 3.18. The SMILES string of the molecule is CCCC(=O)C1=C(C(=O)OC(c2ccccc2)c2ccccc2)N2C(=O)C(N)[C@H]2SC1. The Morgan fingerprint density at radius 1 is 1.10 bits per heavy atom. The van der Waals surface area contributed by atoms with Crippen LogP contribution in [0.1, 0.15) is 37.0 Å². The maximum Gasteiger partial charge on any atom is 0.356 e. The number of ether oxygens (including phenoxy) is 1. The highest BCUT2D eigenvalue weighted by Gasteiger charge is 2.53. The number of hydrogen-bond acceptors (Lipinski definition) is 6. The summed E-state index contributed by atoms with van der Waals surface area (Å²) in [6.07, 6.45) is 0.303. The van der Waals surface area contributed by atoms with Gasteiger partial charge in [-0.1, -0.05) is 67.6 Å². The molecule has 2 aliphatic rings. The number of Topliss-reactive ketones (excluding diaryl/α,β-unsaturated/α-hetero) is 1. The van der Waals surface area contributed by atoms with Crippen LogP contribution in [0.25, 0.3) is 0 Å². The lowest BCUT2D eigenvalue weighted by Crippen LogP contribution is -2.68. The topological polar surface area (TPSA) is 89.7 Å². The summed E-state index contributed by atoms with van der Waals surface area (Å²) in [5.74, 6) is -0.832. The minimum absolute atomic E-state index is 0.0470. The van der Waals surface area contributed by atoms with Gasteiger partial charge in [-0.25, -0.2) is 4.79 Å². The summed E-state index contributed by atoms with van der Waals surface area (Å²) in [5.41, 5.74) is 7.93. The molecular weight excluding hydrogens is 412 g/mol. The van der Waals surface area contributed by atoms with E-state index in [-0.39, 0.29) is 22.8 Å². The van der Waals surface area contributed by atoms with Gasteiger partial charge in [0, 0.05) is 17.7 Å². The van der Waals surface area contributed by atoms with E-state index in [1.807, 2.05) is 67.6 Å². The number of fused-ring (bicyclic) bond motifs is 1. The number of nitrogens with two attached hydrogens (primary N) is 1. The van der Waals surface area contributed by atoms with E-state index in [1.54, 1.807) is 0 Å². The van der Waals surface area contributed by atoms with Crippen molar-refractivity contribution in [3.8, 4) is 0 Å². The first-order valence-electron chi connectivity index (χ1n) is 10.3. The number of ketones is 1. The second-order valence-corrected chi connectivity index (χ2v) is 8.65. The van der Waals surface area contributed by atoms with E-state index in [2.05, 4.69) is 0 Å². The van der Waals surface area contributed by atoms with E-state index in [4.69, 9.17) is 10.5 Å². The summed E-state index contributed by atoms with van der Waals surface area (Å²) in [7, 11) is 0. The van der Waals surface area contributed by atoms with Crippen molar-refractivity contribution in [2.24, 2.45) is 5.73 Å². The lowest BCUT2D eigenvalue weighted by Gasteiger charge is -2.48. The van der Waals surface area contributed by atoms with Crippen LogP contribution in [0.3, 0.4) is 0 Å². The second-order valence-electron chi connectivity index (χ2n) is 7.54. The van der Waals surface area contributed by atoms with E-state index in [0.29, 0.717) is 24.2 Å². The second kappa shape index (κ2) is 9.08. The average Bonchev–Trinajstić information content (AvgIpc) is 2.82. The summed E-state index contributed by atoms with van der Waals surface area (Å²) < 4.78 is 5.96. The lowest BCUT2D eigenvalue weighted by molar-refractivity contribution is -0.153. The van der Waals surface area contributed by atoms with Gasteiger partial charge < -0.3 is 10.5 Å². The lowest BCUT2D eigenvalue weighted by atomic mass is 9.99. The fourth-order valence-electron chi connectivity index (χ4n) is 3.84. The Morgan fingerprint density at radius 3 is 2.23 bits per heavy atom. The maximum atomic E-state index is 13.4. The molecule has 0 spiro atoms. The van der Waals surface area contributed by atoms with Gasteiger partial charge in [-0.15, -0.1) is 11.8 Å². The molecule has 1 amide bonds. The van der Waals surface area contributed by atoms with Crippen molar-refractivity contribution >= 4 is 29.4 Å². The summed E-state index contributed by atoms with van der Waals surface area (Å²) in [5, 5.41) is -0.347. The third kappa shape index (κ3) is 4.03. The summed E-state index contributed by atoms with van der Waals surface area (Å²) in [6.45, 7) is 1.90. The number of nitrogens with zero attached hydrogens (tertiary/aromatic N) is 1. The number of rotatable bonds is 7. The molecule has 2 heterocycles. The molecule has 1 saturated heterocycles. The van der Waals surface area contributed by atoms with Crippen molar-refractivity contribution in [1.29, 1.82) is 0 Å². The third-order valence-corrected chi connectivity index (χ3v) is 6.75. The maximum absolute atomic E-state index is 13.4. The van der Waals surface area contributed by atoms with Crippen LogP contribution in [0.15, 0.2) is 71.9 Å². The quantitative estimate of drug-likeness (QED) is 0.530. The van der Waals surface area contributed by atoms with Crippen LogP contribution in [-0.4, -0.2) is 39.7 Å². The Hall–Kier alpha value is -2.90. The molecule has 0 bridgehead atoms. The van der Waals surface area contributed by atoms with Gasteiger partial charge in [0.15, 0.2) is 11.9 Å². The van der Waals surface area contributed by atoms with Gasteiger partial charge in [0.25, 0.3) is 0 Å². The molecule has 160 valence electrons. The Kier molecular flexibility index (Phi) is 6.25. The number of carbonyl (C=O) groups excluding carboxylic acids is 3. The van der Waals surface area contributed by atoms with Crippen LogP contribution in [-0.2, 0) is 19.1 Å². The van der Waals surface area contributed by atoms with Gasteiger partial charge in [-0.3, -0.25) is 14.5 Å². The van der Waals surface area contributed by atoms with E-state index < -0.39 is 18.1 Å². The zero-order chi connectivity index (χ0) is 22.0. The zero-order valence-corrected chi connectivity index (χ0v) is 18.0. The largest absolute Gasteiger partial charge is 0.448 e. The number of β-lactam (4-membered cyclic amide) rings is 1. The Bertz CT molecular complexity index is 983. The number of amides is 1. The van der Waals surface area contributed by atoms with Gasteiger partial charge in [0.1, 0.15) is 17.1 Å². The van der Waals surface area contributed by atoms with Crippen molar-refractivity contribution in [2.75, 3.05) is 5.75 Å². The molecule has 0 radical (unpaired) electrons. The van der Waals surface area contributed by atoms with E-state index in [1.165, 1.54) is 16.7 Å². The Balaban J connectivity index is 1.72. The summed E-state index contributed by atoms with van der Waals surface area (Å²) in [6, 6.07) is 18.1. The van der Waals surface area contributed by atoms with Gasteiger partial charge in [0.2, 0.25) is 5.91 Å². The molecule has 1 unspecified atom stereocenters. The van der Waals surface area contributed by atoms with Crippen molar-refractivity contribution in [3.63, 3.8) is 0 Å². The molecule has 2 aromatic carbocycles. The number of thioether (sulfide) groups is 1. The average molecular weight is 437 g/mol. The molecular formula is C24H24N2O4S.